The van der Waals surface area contributed by atoms with E-state index in [1.165, 1.54) is 0 Å². The number of aliphatic carboxylic acids is 1. The van der Waals surface area contributed by atoms with Gasteiger partial charge in [0.15, 0.2) is 23.9 Å². The summed E-state index contributed by atoms with van der Waals surface area (Å²) >= 11 is 0. The average Bonchev–Trinajstić information content (AvgIpc) is 3.48. The lowest BCUT2D eigenvalue weighted by Gasteiger charge is -2.35. The maximum absolute atomic E-state index is 13.9. The number of benzene rings is 1. The van der Waals surface area contributed by atoms with Gasteiger partial charge in [-0.25, -0.2) is 4.57 Å². The third-order valence-corrected chi connectivity index (χ3v) is 8.16. The van der Waals surface area contributed by atoms with Gasteiger partial charge in [-0.3, -0.25) is 14.5 Å². The number of likely N-dealkylation sites (tertiary alicyclic amines) is 1. The minimum atomic E-state index is -0.817. The molecule has 3 heterocycles. The molecule has 1 fully saturated rings. The van der Waals surface area contributed by atoms with Crippen LogP contribution < -0.4 is 18.9 Å². The highest BCUT2D eigenvalue weighted by molar-refractivity contribution is 5.94. The van der Waals surface area contributed by atoms with E-state index in [-0.39, 0.29) is 36.6 Å². The first-order valence-electron chi connectivity index (χ1n) is 14.3. The first-order valence-corrected chi connectivity index (χ1v) is 14.3. The number of unbranched alkanes of at least 4 members (excludes halogenated alkanes) is 1. The smallest absolute Gasteiger partial charge is 0.308 e. The van der Waals surface area contributed by atoms with Crippen molar-refractivity contribution in [1.29, 1.82) is 0 Å². The monoisotopic (exact) mass is 538 g/mol. The number of nitrogens with zero attached hydrogens (tertiary/aromatic N) is 3. The number of aryl methyl sites for hydroxylation is 1. The second-order valence-electron chi connectivity index (χ2n) is 11.8. The molecule has 1 amide bonds. The van der Waals surface area contributed by atoms with Crippen molar-refractivity contribution in [2.24, 2.45) is 18.4 Å². The van der Waals surface area contributed by atoms with Gasteiger partial charge in [-0.15, -0.1) is 0 Å². The molecule has 1 aromatic heterocycles. The number of amides is 1. The van der Waals surface area contributed by atoms with E-state index < -0.39 is 11.9 Å². The lowest BCUT2D eigenvalue weighted by molar-refractivity contribution is -0.670. The summed E-state index contributed by atoms with van der Waals surface area (Å²) in [7, 11) is 1.95. The number of aromatic nitrogens is 1. The highest BCUT2D eigenvalue weighted by atomic mass is 16.7. The number of rotatable bonds is 12. The quantitative estimate of drug-likeness (QED) is 0.393. The van der Waals surface area contributed by atoms with Crippen LogP contribution in [0.25, 0.3) is 0 Å². The van der Waals surface area contributed by atoms with Crippen molar-refractivity contribution in [3.63, 3.8) is 0 Å². The van der Waals surface area contributed by atoms with Crippen LogP contribution in [-0.2, 0) is 16.6 Å². The summed E-state index contributed by atoms with van der Waals surface area (Å²) in [6, 6.07) is 9.38. The SMILES string of the molecule is CCCCN(C(=O)CN1C[C@H](c2ccc3c(c2)OCO3)C(C(=O)O)[C@@H]1CC(C)(C)CCC)c1ccc[n+](C)c1. The number of ether oxygens (including phenoxy) is 2. The largest absolute Gasteiger partial charge is 0.481 e. The molecule has 2 aliphatic heterocycles. The first kappa shape index (κ1) is 28.9. The molecule has 2 aliphatic rings. The molecular weight excluding hydrogens is 494 g/mol. The van der Waals surface area contributed by atoms with Crippen LogP contribution in [0, 0.1) is 11.3 Å². The molecule has 0 radical (unpaired) electrons. The van der Waals surface area contributed by atoms with Crippen molar-refractivity contribution >= 4 is 17.6 Å². The predicted octanol–water partition coefficient (Wildman–Crippen LogP) is 4.76. The van der Waals surface area contributed by atoms with Crippen LogP contribution in [0.5, 0.6) is 11.5 Å². The highest BCUT2D eigenvalue weighted by Gasteiger charge is 2.49. The Labute approximate surface area is 232 Å². The molecular formula is C31H44N3O5+. The second-order valence-corrected chi connectivity index (χ2v) is 11.8. The summed E-state index contributed by atoms with van der Waals surface area (Å²) in [6.45, 7) is 10.2. The van der Waals surface area contributed by atoms with Crippen molar-refractivity contribution in [1.82, 2.24) is 4.90 Å². The van der Waals surface area contributed by atoms with E-state index >= 15 is 0 Å². The maximum atomic E-state index is 13.9. The molecule has 0 bridgehead atoms. The van der Waals surface area contributed by atoms with Gasteiger partial charge >= 0.3 is 5.97 Å². The zero-order valence-corrected chi connectivity index (χ0v) is 24.1. The van der Waals surface area contributed by atoms with Crippen molar-refractivity contribution in [3.8, 4) is 11.5 Å². The third kappa shape index (κ3) is 6.72. The number of carbonyl (C=O) groups is 2. The molecule has 0 saturated carbocycles. The molecule has 212 valence electrons. The molecule has 2 aromatic rings. The van der Waals surface area contributed by atoms with Crippen LogP contribution in [0.1, 0.15) is 71.3 Å². The zero-order chi connectivity index (χ0) is 28.2. The maximum Gasteiger partial charge on any atom is 0.308 e. The topological polar surface area (TPSA) is 83.2 Å². The van der Waals surface area contributed by atoms with Crippen molar-refractivity contribution < 1.29 is 28.7 Å². The summed E-state index contributed by atoms with van der Waals surface area (Å²) in [4.78, 5) is 30.8. The Morgan fingerprint density at radius 2 is 1.92 bits per heavy atom. The van der Waals surface area contributed by atoms with Crippen molar-refractivity contribution in [2.45, 2.75) is 71.8 Å². The fourth-order valence-electron chi connectivity index (χ4n) is 6.28. The number of hydrogen-bond donors (Lipinski definition) is 1. The normalized spacial score (nSPS) is 20.8. The summed E-state index contributed by atoms with van der Waals surface area (Å²) < 4.78 is 13.0. The van der Waals surface area contributed by atoms with Gasteiger partial charge < -0.3 is 19.5 Å². The van der Waals surface area contributed by atoms with Crippen LogP contribution in [0.3, 0.4) is 0 Å². The Morgan fingerprint density at radius 1 is 1.15 bits per heavy atom. The lowest BCUT2D eigenvalue weighted by Crippen LogP contribution is -2.46. The summed E-state index contributed by atoms with van der Waals surface area (Å²) in [5, 5.41) is 10.5. The lowest BCUT2D eigenvalue weighted by atomic mass is 9.76. The minimum Gasteiger partial charge on any atom is -0.481 e. The summed E-state index contributed by atoms with van der Waals surface area (Å²) in [6.07, 6.45) is 8.53. The van der Waals surface area contributed by atoms with Crippen LogP contribution >= 0.6 is 0 Å². The standard InChI is InChI=1S/C31H43N3O5/c1-6-8-15-34(23-10-9-14-32(5)18-23)28(35)20-33-19-24(22-11-12-26-27(16-22)39-21-38-26)29(30(36)37)25(33)17-31(3,4)13-7-2/h9-12,14,16,18,24-25,29H,6-8,13,15,17,19-21H2,1-5H3/p+1/t24-,25+,29?/m1/s1. The number of fused-ring (bicyclic) bond motifs is 1. The van der Waals surface area contributed by atoms with Gasteiger partial charge in [0.2, 0.25) is 12.7 Å². The third-order valence-electron chi connectivity index (χ3n) is 8.16. The van der Waals surface area contributed by atoms with Gasteiger partial charge in [0.05, 0.1) is 12.5 Å². The predicted molar refractivity (Wildman–Crippen MR) is 150 cm³/mol. The Bertz CT molecular complexity index is 1170. The molecule has 4 rings (SSSR count). The fourth-order valence-corrected chi connectivity index (χ4v) is 6.28. The van der Waals surface area contributed by atoms with E-state index in [0.29, 0.717) is 31.0 Å². The van der Waals surface area contributed by atoms with Gasteiger partial charge in [-0.2, -0.15) is 0 Å². The molecule has 0 aliphatic carbocycles. The van der Waals surface area contributed by atoms with Crippen LogP contribution in [0.15, 0.2) is 42.7 Å². The molecule has 0 spiro atoms. The van der Waals surface area contributed by atoms with E-state index in [1.807, 2.05) is 59.2 Å². The van der Waals surface area contributed by atoms with Gasteiger partial charge in [0.1, 0.15) is 12.7 Å². The van der Waals surface area contributed by atoms with Crippen molar-refractivity contribution in [3.05, 3.63) is 48.3 Å². The first-order chi connectivity index (χ1) is 18.6. The highest BCUT2D eigenvalue weighted by Crippen LogP contribution is 2.45. The summed E-state index contributed by atoms with van der Waals surface area (Å²) in [5.41, 5.74) is 1.73. The number of pyridine rings is 1. The number of hydrogen-bond acceptors (Lipinski definition) is 5. The Kier molecular flexibility index (Phi) is 9.15. The van der Waals surface area contributed by atoms with Crippen LogP contribution in [-0.4, -0.2) is 54.4 Å². The zero-order valence-electron chi connectivity index (χ0n) is 24.1. The number of carboxylic acids is 1. The molecule has 1 saturated heterocycles. The molecule has 1 N–H and O–H groups in total. The molecule has 1 aromatic carbocycles. The molecule has 8 nitrogen and oxygen atoms in total. The van der Waals surface area contributed by atoms with E-state index in [9.17, 15) is 14.7 Å². The number of carbonyl (C=O) groups excluding carboxylic acids is 1. The van der Waals surface area contributed by atoms with Crippen LogP contribution in [0.4, 0.5) is 5.69 Å². The number of anilines is 1. The Morgan fingerprint density at radius 3 is 2.62 bits per heavy atom. The van der Waals surface area contributed by atoms with Gasteiger partial charge in [-0.05, 0) is 48.4 Å². The van der Waals surface area contributed by atoms with Gasteiger partial charge in [0, 0.05) is 31.1 Å². The average molecular weight is 539 g/mol. The van der Waals surface area contributed by atoms with E-state index in [4.69, 9.17) is 9.47 Å². The minimum absolute atomic E-state index is 0.00317. The Hall–Kier alpha value is -3.13. The van der Waals surface area contributed by atoms with Crippen molar-refractivity contribution in [2.75, 3.05) is 31.3 Å². The van der Waals surface area contributed by atoms with E-state index in [2.05, 4.69) is 32.6 Å². The van der Waals surface area contributed by atoms with Gasteiger partial charge in [0.25, 0.3) is 0 Å². The summed E-state index contributed by atoms with van der Waals surface area (Å²) in [5.74, 6) is -0.374. The molecule has 39 heavy (non-hydrogen) atoms. The van der Waals surface area contributed by atoms with Crippen LogP contribution in [0.2, 0.25) is 0 Å². The van der Waals surface area contributed by atoms with E-state index in [0.717, 1.165) is 36.9 Å². The van der Waals surface area contributed by atoms with E-state index in [1.54, 1.807) is 0 Å². The second kappa shape index (κ2) is 12.4. The number of carboxylic acid groups (broad SMARTS) is 1. The van der Waals surface area contributed by atoms with Gasteiger partial charge in [-0.1, -0.05) is 46.6 Å². The molecule has 3 atom stereocenters. The Balaban J connectivity index is 1.66. The fraction of sp³-hybridized carbons (Fsp3) is 0.581. The molecule has 1 unspecified atom stereocenters. The molecule has 8 heteroatoms.